The molecule has 0 amide bonds. The molecule has 4 nitrogen and oxygen atoms in total. The van der Waals surface area contributed by atoms with Crippen molar-refractivity contribution in [1.82, 2.24) is 0 Å². The first-order valence-corrected chi connectivity index (χ1v) is 7.89. The highest BCUT2D eigenvalue weighted by Crippen LogP contribution is 2.53. The van der Waals surface area contributed by atoms with Gasteiger partial charge in [0.2, 0.25) is 0 Å². The van der Waals surface area contributed by atoms with Crippen molar-refractivity contribution in [2.24, 2.45) is 5.73 Å². The smallest absolute Gasteiger partial charge is 0.152 e. The molecule has 0 aliphatic heterocycles. The van der Waals surface area contributed by atoms with E-state index in [1.165, 1.54) is 0 Å². The molecule has 94 valence electrons. The van der Waals surface area contributed by atoms with Gasteiger partial charge >= 0.3 is 0 Å². The predicted octanol–water partition coefficient (Wildman–Crippen LogP) is 0.649. The lowest BCUT2D eigenvalue weighted by Crippen LogP contribution is -2.34. The Kier molecular flexibility index (Phi) is 3.10. The Hall–Kier alpha value is -0.430. The Morgan fingerprint density at radius 1 is 1.41 bits per heavy atom. The fourth-order valence-corrected chi connectivity index (χ4v) is 4.52. The molecule has 1 fully saturated rings. The molecule has 1 aliphatic carbocycles. The van der Waals surface area contributed by atoms with Gasteiger partial charge in [-0.1, -0.05) is 28.1 Å². The largest absolute Gasteiger partial charge is 0.394 e. The molecule has 3 atom stereocenters. The van der Waals surface area contributed by atoms with Gasteiger partial charge in [0.15, 0.2) is 9.84 Å². The molecule has 1 saturated carbocycles. The summed E-state index contributed by atoms with van der Waals surface area (Å²) in [6.45, 7) is -0.328. The van der Waals surface area contributed by atoms with Gasteiger partial charge in [-0.3, -0.25) is 0 Å². The van der Waals surface area contributed by atoms with E-state index in [9.17, 15) is 13.5 Å². The van der Waals surface area contributed by atoms with Crippen LogP contribution in [0.4, 0.5) is 0 Å². The Labute approximate surface area is 109 Å². The van der Waals surface area contributed by atoms with Gasteiger partial charge in [-0.25, -0.2) is 8.42 Å². The third-order valence-electron chi connectivity index (χ3n) is 3.27. The highest BCUT2D eigenvalue weighted by molar-refractivity contribution is 9.10. The molecule has 1 aliphatic rings. The van der Waals surface area contributed by atoms with Crippen molar-refractivity contribution in [3.63, 3.8) is 0 Å². The Bertz CT molecular complexity index is 528. The maximum absolute atomic E-state index is 11.6. The quantitative estimate of drug-likeness (QED) is 0.857. The fourth-order valence-electron chi connectivity index (χ4n) is 2.41. The summed E-state index contributed by atoms with van der Waals surface area (Å²) >= 11 is 3.32. The molecule has 0 unspecified atom stereocenters. The molecule has 6 heteroatoms. The zero-order valence-corrected chi connectivity index (χ0v) is 11.7. The van der Waals surface area contributed by atoms with Crippen LogP contribution in [0.5, 0.6) is 0 Å². The van der Waals surface area contributed by atoms with Crippen molar-refractivity contribution >= 4 is 25.8 Å². The van der Waals surface area contributed by atoms with E-state index in [2.05, 4.69) is 15.9 Å². The second-order valence-corrected chi connectivity index (χ2v) is 7.63. The van der Waals surface area contributed by atoms with Crippen LogP contribution in [-0.2, 0) is 9.84 Å². The third kappa shape index (κ3) is 2.14. The molecule has 0 bridgehead atoms. The number of aliphatic hydroxyl groups excluding tert-OH is 1. The Morgan fingerprint density at radius 3 is 2.29 bits per heavy atom. The molecular weight excluding hydrogens is 306 g/mol. The Morgan fingerprint density at radius 2 is 1.94 bits per heavy atom. The van der Waals surface area contributed by atoms with Crippen molar-refractivity contribution in [3.05, 3.63) is 34.3 Å². The summed E-state index contributed by atoms with van der Waals surface area (Å²) in [4.78, 5) is 0. The van der Waals surface area contributed by atoms with Crippen LogP contribution in [0, 0.1) is 0 Å². The number of halogens is 1. The van der Waals surface area contributed by atoms with Gasteiger partial charge in [-0.2, -0.15) is 0 Å². The SMILES string of the molecule is CS(=O)(=O)[C@@H]1[C@@H](c2ccc(Br)cc2)[C@@]1(N)CO. The van der Waals surface area contributed by atoms with Crippen LogP contribution >= 0.6 is 15.9 Å². The minimum absolute atomic E-state index is 0.324. The van der Waals surface area contributed by atoms with Gasteiger partial charge in [-0.05, 0) is 17.7 Å². The average molecular weight is 320 g/mol. The Balaban J connectivity index is 2.37. The van der Waals surface area contributed by atoms with Crippen LogP contribution in [0.2, 0.25) is 0 Å². The molecule has 0 spiro atoms. The van der Waals surface area contributed by atoms with Gasteiger partial charge < -0.3 is 10.8 Å². The molecule has 0 heterocycles. The van der Waals surface area contributed by atoms with Crippen molar-refractivity contribution in [2.45, 2.75) is 16.7 Å². The standard InChI is InChI=1S/C11H14BrNO3S/c1-17(15,16)10-9(11(10,13)6-14)7-2-4-8(12)5-3-7/h2-5,9-10,14H,6,13H2,1H3/t9-,10-,11+/m1/s1. The molecule has 0 saturated heterocycles. The van der Waals surface area contributed by atoms with Crippen molar-refractivity contribution in [2.75, 3.05) is 12.9 Å². The summed E-state index contributed by atoms with van der Waals surface area (Å²) in [7, 11) is -3.25. The first-order chi connectivity index (χ1) is 7.80. The summed E-state index contributed by atoms with van der Waals surface area (Å²) in [6, 6.07) is 7.34. The monoisotopic (exact) mass is 319 g/mol. The molecule has 2 rings (SSSR count). The van der Waals surface area contributed by atoms with Crippen LogP contribution in [0.1, 0.15) is 11.5 Å². The molecule has 3 N–H and O–H groups in total. The highest BCUT2D eigenvalue weighted by atomic mass is 79.9. The van der Waals surface area contributed by atoms with Crippen LogP contribution in [0.25, 0.3) is 0 Å². The summed E-state index contributed by atoms with van der Waals surface area (Å²) in [5, 5.41) is 8.59. The molecule has 0 radical (unpaired) electrons. The number of sulfone groups is 1. The predicted molar refractivity (Wildman–Crippen MR) is 69.5 cm³/mol. The van der Waals surface area contributed by atoms with Gasteiger partial charge in [0, 0.05) is 16.6 Å². The third-order valence-corrected chi connectivity index (χ3v) is 5.43. The molecule has 17 heavy (non-hydrogen) atoms. The zero-order chi connectivity index (χ0) is 12.8. The average Bonchev–Trinajstić information content (AvgIpc) is 2.87. The van der Waals surface area contributed by atoms with Crippen LogP contribution in [0.15, 0.2) is 28.7 Å². The van der Waals surface area contributed by atoms with Crippen molar-refractivity contribution in [1.29, 1.82) is 0 Å². The van der Waals surface area contributed by atoms with E-state index in [1.54, 1.807) is 0 Å². The van der Waals surface area contributed by atoms with E-state index in [-0.39, 0.29) is 12.5 Å². The van der Waals surface area contributed by atoms with Crippen LogP contribution in [0.3, 0.4) is 0 Å². The summed E-state index contributed by atoms with van der Waals surface area (Å²) in [5.74, 6) is -0.324. The lowest BCUT2D eigenvalue weighted by molar-refractivity contribution is 0.253. The van der Waals surface area contributed by atoms with Gasteiger partial charge in [0.05, 0.1) is 17.4 Å². The minimum Gasteiger partial charge on any atom is -0.394 e. The van der Waals surface area contributed by atoms with E-state index in [4.69, 9.17) is 5.73 Å². The van der Waals surface area contributed by atoms with E-state index < -0.39 is 20.6 Å². The van der Waals surface area contributed by atoms with Crippen LogP contribution < -0.4 is 5.73 Å². The summed E-state index contributed by atoms with van der Waals surface area (Å²) in [5.41, 5.74) is 5.76. The summed E-state index contributed by atoms with van der Waals surface area (Å²) in [6.07, 6.45) is 1.16. The molecule has 0 aromatic heterocycles. The van der Waals surface area contributed by atoms with Gasteiger partial charge in [0.1, 0.15) is 0 Å². The first-order valence-electron chi connectivity index (χ1n) is 5.15. The van der Waals surface area contributed by atoms with E-state index in [1.807, 2.05) is 24.3 Å². The lowest BCUT2D eigenvalue weighted by Gasteiger charge is -2.06. The number of nitrogens with two attached hydrogens (primary N) is 1. The fraction of sp³-hybridized carbons (Fsp3) is 0.455. The first kappa shape index (κ1) is 13.0. The zero-order valence-electron chi connectivity index (χ0n) is 9.30. The molecule has 1 aromatic carbocycles. The normalized spacial score (nSPS) is 32.5. The minimum atomic E-state index is -3.25. The number of rotatable bonds is 3. The summed E-state index contributed by atoms with van der Waals surface area (Å²) < 4.78 is 24.2. The second-order valence-electron chi connectivity index (χ2n) is 4.55. The van der Waals surface area contributed by atoms with Gasteiger partial charge in [0.25, 0.3) is 0 Å². The van der Waals surface area contributed by atoms with E-state index in [0.717, 1.165) is 16.3 Å². The molecule has 1 aromatic rings. The highest BCUT2D eigenvalue weighted by Gasteiger charge is 2.67. The van der Waals surface area contributed by atoms with Crippen molar-refractivity contribution in [3.8, 4) is 0 Å². The van der Waals surface area contributed by atoms with Crippen molar-refractivity contribution < 1.29 is 13.5 Å². The van der Waals surface area contributed by atoms with E-state index >= 15 is 0 Å². The number of hydrogen-bond donors (Lipinski definition) is 2. The number of aliphatic hydroxyl groups is 1. The molecular formula is C11H14BrNO3S. The van der Waals surface area contributed by atoms with E-state index in [0.29, 0.717) is 0 Å². The number of hydrogen-bond acceptors (Lipinski definition) is 4. The van der Waals surface area contributed by atoms with Crippen LogP contribution in [-0.4, -0.2) is 37.2 Å². The number of benzene rings is 1. The lowest BCUT2D eigenvalue weighted by atomic mass is 10.1. The topological polar surface area (TPSA) is 80.4 Å². The second kappa shape index (κ2) is 4.05. The maximum atomic E-state index is 11.6. The van der Waals surface area contributed by atoms with Gasteiger partial charge in [-0.15, -0.1) is 0 Å². The maximum Gasteiger partial charge on any atom is 0.152 e.